The van der Waals surface area contributed by atoms with Crippen molar-refractivity contribution < 1.29 is 13.9 Å². The van der Waals surface area contributed by atoms with Gasteiger partial charge in [0, 0.05) is 4.47 Å². The van der Waals surface area contributed by atoms with Gasteiger partial charge in [-0.05, 0) is 58.4 Å². The van der Waals surface area contributed by atoms with Crippen molar-refractivity contribution in [3.05, 3.63) is 88.6 Å². The number of hydrogen-bond acceptors (Lipinski definition) is 2. The highest BCUT2D eigenvalue weighted by atomic mass is 79.9. The van der Waals surface area contributed by atoms with Crippen molar-refractivity contribution in [3.8, 4) is 11.5 Å². The molecule has 0 spiro atoms. The van der Waals surface area contributed by atoms with Crippen LogP contribution < -0.4 is 10.1 Å². The van der Waals surface area contributed by atoms with Crippen LogP contribution in [0.25, 0.3) is 0 Å². The summed E-state index contributed by atoms with van der Waals surface area (Å²) in [6, 6.07) is 20.3. The first-order chi connectivity index (χ1) is 11.6. The first kappa shape index (κ1) is 16.2. The van der Waals surface area contributed by atoms with E-state index < -0.39 is 5.82 Å². The summed E-state index contributed by atoms with van der Waals surface area (Å²) in [6.07, 6.45) is 0. The number of carbonyl (C=O) groups excluding carboxylic acids is 1. The highest BCUT2D eigenvalue weighted by Gasteiger charge is 2.13. The molecular weight excluding hydrogens is 373 g/mol. The van der Waals surface area contributed by atoms with E-state index >= 15 is 0 Å². The topological polar surface area (TPSA) is 38.3 Å². The van der Waals surface area contributed by atoms with E-state index in [4.69, 9.17) is 4.74 Å². The molecule has 1 amide bonds. The minimum absolute atomic E-state index is 0.339. The number of ether oxygens (including phenoxy) is 1. The lowest BCUT2D eigenvalue weighted by atomic mass is 10.2. The molecule has 0 saturated heterocycles. The fourth-order valence-corrected chi connectivity index (χ4v) is 2.67. The van der Waals surface area contributed by atoms with Crippen molar-refractivity contribution in [3.63, 3.8) is 0 Å². The first-order valence-corrected chi connectivity index (χ1v) is 8.01. The molecule has 0 heterocycles. The standard InChI is InChI=1S/C19H13BrFNO2/c20-16-12-13(21)10-11-15(16)19(23)22-17-8-4-5-9-18(17)24-14-6-2-1-3-7-14/h1-12H,(H,22,23). The predicted molar refractivity (Wildman–Crippen MR) is 95.0 cm³/mol. The molecule has 0 radical (unpaired) electrons. The fraction of sp³-hybridized carbons (Fsp3) is 0. The normalized spacial score (nSPS) is 10.2. The lowest BCUT2D eigenvalue weighted by molar-refractivity contribution is 0.102. The summed E-state index contributed by atoms with van der Waals surface area (Å²) in [5.41, 5.74) is 0.869. The van der Waals surface area contributed by atoms with Crippen LogP contribution in [-0.2, 0) is 0 Å². The Kier molecular flexibility index (Phi) is 4.91. The van der Waals surface area contributed by atoms with Crippen LogP contribution in [0, 0.1) is 5.82 Å². The third-order valence-corrected chi connectivity index (χ3v) is 3.94. The lowest BCUT2D eigenvalue weighted by Gasteiger charge is -2.12. The van der Waals surface area contributed by atoms with Gasteiger partial charge in [0.1, 0.15) is 11.6 Å². The van der Waals surface area contributed by atoms with Gasteiger partial charge >= 0.3 is 0 Å². The molecule has 3 aromatic carbocycles. The van der Waals surface area contributed by atoms with Gasteiger partial charge in [-0.1, -0.05) is 30.3 Å². The van der Waals surface area contributed by atoms with Gasteiger partial charge in [0.2, 0.25) is 0 Å². The zero-order valence-electron chi connectivity index (χ0n) is 12.5. The van der Waals surface area contributed by atoms with E-state index in [1.807, 2.05) is 36.4 Å². The highest BCUT2D eigenvalue weighted by molar-refractivity contribution is 9.10. The van der Waals surface area contributed by atoms with Crippen LogP contribution in [0.5, 0.6) is 11.5 Å². The van der Waals surface area contributed by atoms with Gasteiger partial charge in [0.05, 0.1) is 11.3 Å². The lowest BCUT2D eigenvalue weighted by Crippen LogP contribution is -2.13. The van der Waals surface area contributed by atoms with Gasteiger partial charge in [0.15, 0.2) is 5.75 Å². The molecule has 0 atom stereocenters. The van der Waals surface area contributed by atoms with Crippen molar-refractivity contribution in [2.24, 2.45) is 0 Å². The fourth-order valence-electron chi connectivity index (χ4n) is 2.14. The van der Waals surface area contributed by atoms with Crippen molar-refractivity contribution >= 4 is 27.5 Å². The Hall–Kier alpha value is -2.66. The highest BCUT2D eigenvalue weighted by Crippen LogP contribution is 2.30. The SMILES string of the molecule is O=C(Nc1ccccc1Oc1ccccc1)c1ccc(F)cc1Br. The number of nitrogens with one attached hydrogen (secondary N) is 1. The summed E-state index contributed by atoms with van der Waals surface area (Å²) >= 11 is 3.20. The summed E-state index contributed by atoms with van der Waals surface area (Å²) in [4.78, 5) is 12.4. The predicted octanol–water partition coefficient (Wildman–Crippen LogP) is 5.63. The Morgan fingerprint density at radius 2 is 1.67 bits per heavy atom. The van der Waals surface area contributed by atoms with Crippen molar-refractivity contribution in [2.45, 2.75) is 0 Å². The van der Waals surface area contributed by atoms with Crippen LogP contribution in [0.3, 0.4) is 0 Å². The Labute approximate surface area is 147 Å². The van der Waals surface area contributed by atoms with Gasteiger partial charge < -0.3 is 10.1 Å². The van der Waals surface area contributed by atoms with E-state index in [1.165, 1.54) is 18.2 Å². The molecule has 3 rings (SSSR count). The number of rotatable bonds is 4. The Balaban J connectivity index is 1.84. The minimum Gasteiger partial charge on any atom is -0.455 e. The van der Waals surface area contributed by atoms with Crippen LogP contribution in [0.15, 0.2) is 77.3 Å². The van der Waals surface area contributed by atoms with E-state index in [1.54, 1.807) is 18.2 Å². The van der Waals surface area contributed by atoms with Crippen LogP contribution >= 0.6 is 15.9 Å². The molecule has 24 heavy (non-hydrogen) atoms. The zero-order chi connectivity index (χ0) is 16.9. The van der Waals surface area contributed by atoms with Crippen molar-refractivity contribution in [2.75, 3.05) is 5.32 Å². The Morgan fingerprint density at radius 1 is 0.958 bits per heavy atom. The molecule has 0 aliphatic carbocycles. The summed E-state index contributed by atoms with van der Waals surface area (Å²) in [5, 5.41) is 2.79. The molecular formula is C19H13BrFNO2. The average Bonchev–Trinajstić information content (AvgIpc) is 2.57. The second-order valence-corrected chi connectivity index (χ2v) is 5.84. The van der Waals surface area contributed by atoms with Gasteiger partial charge in [-0.2, -0.15) is 0 Å². The summed E-state index contributed by atoms with van der Waals surface area (Å²) in [6.45, 7) is 0. The quantitative estimate of drug-likeness (QED) is 0.631. The van der Waals surface area contributed by atoms with E-state index in [2.05, 4.69) is 21.2 Å². The molecule has 0 aliphatic rings. The molecule has 0 fully saturated rings. The summed E-state index contributed by atoms with van der Waals surface area (Å²) in [5.74, 6) is 0.426. The summed E-state index contributed by atoms with van der Waals surface area (Å²) < 4.78 is 19.4. The maximum atomic E-state index is 13.2. The maximum Gasteiger partial charge on any atom is 0.256 e. The molecule has 0 unspecified atom stereocenters. The second kappa shape index (κ2) is 7.27. The third kappa shape index (κ3) is 3.81. The third-order valence-electron chi connectivity index (χ3n) is 3.28. The van der Waals surface area contributed by atoms with Crippen LogP contribution in [-0.4, -0.2) is 5.91 Å². The van der Waals surface area contributed by atoms with Gasteiger partial charge in [0.25, 0.3) is 5.91 Å². The van der Waals surface area contributed by atoms with Gasteiger partial charge in [-0.3, -0.25) is 4.79 Å². The number of anilines is 1. The van der Waals surface area contributed by atoms with Crippen molar-refractivity contribution in [1.82, 2.24) is 0 Å². The second-order valence-electron chi connectivity index (χ2n) is 4.99. The molecule has 0 aromatic heterocycles. The van der Waals surface area contributed by atoms with Crippen LogP contribution in [0.4, 0.5) is 10.1 Å². The van der Waals surface area contributed by atoms with E-state index in [0.29, 0.717) is 27.2 Å². The molecule has 1 N–H and O–H groups in total. The Morgan fingerprint density at radius 3 is 2.42 bits per heavy atom. The summed E-state index contributed by atoms with van der Waals surface area (Å²) in [7, 11) is 0. The molecule has 3 aromatic rings. The van der Waals surface area contributed by atoms with Crippen LogP contribution in [0.2, 0.25) is 0 Å². The van der Waals surface area contributed by atoms with E-state index in [9.17, 15) is 9.18 Å². The maximum absolute atomic E-state index is 13.2. The largest absolute Gasteiger partial charge is 0.455 e. The number of benzene rings is 3. The number of para-hydroxylation sites is 3. The first-order valence-electron chi connectivity index (χ1n) is 7.22. The average molecular weight is 386 g/mol. The zero-order valence-corrected chi connectivity index (χ0v) is 14.1. The van der Waals surface area contributed by atoms with Gasteiger partial charge in [-0.25, -0.2) is 4.39 Å². The van der Waals surface area contributed by atoms with Crippen molar-refractivity contribution in [1.29, 1.82) is 0 Å². The number of hydrogen-bond donors (Lipinski definition) is 1. The minimum atomic E-state index is -0.411. The molecule has 0 bridgehead atoms. The molecule has 0 saturated carbocycles. The number of amides is 1. The van der Waals surface area contributed by atoms with E-state index in [-0.39, 0.29) is 5.91 Å². The van der Waals surface area contributed by atoms with E-state index in [0.717, 1.165) is 0 Å². The molecule has 120 valence electrons. The monoisotopic (exact) mass is 385 g/mol. The molecule has 5 heteroatoms. The van der Waals surface area contributed by atoms with Gasteiger partial charge in [-0.15, -0.1) is 0 Å². The molecule has 3 nitrogen and oxygen atoms in total. The smallest absolute Gasteiger partial charge is 0.256 e. The van der Waals surface area contributed by atoms with Crippen LogP contribution in [0.1, 0.15) is 10.4 Å². The molecule has 0 aliphatic heterocycles. The number of halogens is 2. The number of carbonyl (C=O) groups is 1. The Bertz CT molecular complexity index is 868.